The number of allylic oxidation sites excluding steroid dienone is 4. The van der Waals surface area contributed by atoms with Gasteiger partial charge in [0, 0.05) is 21.1 Å². The van der Waals surface area contributed by atoms with Gasteiger partial charge in [-0.25, -0.2) is 0 Å². The van der Waals surface area contributed by atoms with Crippen molar-refractivity contribution in [2.45, 2.75) is 27.7 Å². The van der Waals surface area contributed by atoms with Crippen molar-refractivity contribution in [2.24, 2.45) is 0 Å². The molecule has 0 radical (unpaired) electrons. The zero-order valence-corrected chi connectivity index (χ0v) is 13.1. The summed E-state index contributed by atoms with van der Waals surface area (Å²) < 4.78 is 0. The Balaban J connectivity index is -0.0000000480. The van der Waals surface area contributed by atoms with Crippen molar-refractivity contribution in [3.05, 3.63) is 23.7 Å². The number of hydrogen-bond donors (Lipinski definition) is 0. The van der Waals surface area contributed by atoms with Crippen molar-refractivity contribution in [1.82, 2.24) is 0 Å². The largest absolute Gasteiger partial charge is 0.876 e. The predicted octanol–water partition coefficient (Wildman–Crippen LogP) is -1.97. The van der Waals surface area contributed by atoms with Gasteiger partial charge in [-0.15, -0.1) is 11.5 Å². The first-order valence-corrected chi connectivity index (χ1v) is 3.97. The molecule has 0 aromatic heterocycles. The van der Waals surface area contributed by atoms with Crippen LogP contribution in [0.5, 0.6) is 0 Å². The van der Waals surface area contributed by atoms with Crippen molar-refractivity contribution >= 4 is 11.6 Å². The van der Waals surface area contributed by atoms with Crippen LogP contribution in [0.3, 0.4) is 0 Å². The zero-order chi connectivity index (χ0) is 11.7. The Morgan fingerprint density at radius 1 is 0.765 bits per heavy atom. The Morgan fingerprint density at radius 3 is 0.941 bits per heavy atom. The first kappa shape index (κ1) is 29.8. The minimum absolute atomic E-state index is 0. The van der Waals surface area contributed by atoms with E-state index in [4.69, 9.17) is 0 Å². The van der Waals surface area contributed by atoms with Crippen LogP contribution < -0.4 is 10.2 Å². The molecule has 0 heterocycles. The Morgan fingerprint density at radius 2 is 0.941 bits per heavy atom. The van der Waals surface area contributed by atoms with E-state index in [0.29, 0.717) is 0 Å². The van der Waals surface area contributed by atoms with E-state index in [2.05, 4.69) is 0 Å². The smallest absolute Gasteiger partial charge is 0.151 e. The third kappa shape index (κ3) is 51.6. The quantitative estimate of drug-likeness (QED) is 0.379. The molecule has 0 spiro atoms. The van der Waals surface area contributed by atoms with Crippen molar-refractivity contribution in [2.75, 3.05) is 0 Å². The number of hydrogen-bond acceptors (Lipinski definition) is 4. The van der Waals surface area contributed by atoms with E-state index in [9.17, 15) is 19.8 Å². The Labute approximate surface area is 115 Å². The van der Waals surface area contributed by atoms with Crippen LogP contribution in [0.2, 0.25) is 0 Å². The maximum Gasteiger partial charge on any atom is 0.151 e. The Kier molecular flexibility index (Phi) is 30.5. The van der Waals surface area contributed by atoms with Gasteiger partial charge in [-0.05, 0) is 26.0 Å². The fraction of sp³-hybridized carbons (Fsp3) is 0.400. The van der Waals surface area contributed by atoms with Gasteiger partial charge in [-0.2, -0.15) is 0 Å². The maximum atomic E-state index is 9.98. The zero-order valence-electron chi connectivity index (χ0n) is 10.2. The van der Waals surface area contributed by atoms with Crippen LogP contribution in [-0.2, 0) is 30.7 Å². The minimum atomic E-state index is -0.187. The minimum Gasteiger partial charge on any atom is -0.876 e. The standard InChI is InChI=1S/2C5H8O2.2H2O.W/c2*1-4(6)3-5(2)7;;;/h2*3,6H,1-2H3;2*1H2;/p-2. The average molecular weight is 418 g/mol. The van der Waals surface area contributed by atoms with E-state index < -0.39 is 0 Å². The van der Waals surface area contributed by atoms with Crippen molar-refractivity contribution in [3.8, 4) is 0 Å². The third-order valence-electron chi connectivity index (χ3n) is 0.813. The van der Waals surface area contributed by atoms with E-state index in [1.54, 1.807) is 0 Å². The second-order valence-corrected chi connectivity index (χ2v) is 2.73. The summed E-state index contributed by atoms with van der Waals surface area (Å²) in [7, 11) is 0. The van der Waals surface area contributed by atoms with Crippen LogP contribution >= 0.6 is 0 Å². The SMILES string of the molecule is CC(=O)C=C(C)[O-].CC(=O)C=C(C)[O-].O.O.[W]. The van der Waals surface area contributed by atoms with Crippen LogP contribution in [-0.4, -0.2) is 22.5 Å². The molecule has 17 heavy (non-hydrogen) atoms. The third-order valence-corrected chi connectivity index (χ3v) is 0.813. The molecule has 0 aromatic carbocycles. The molecule has 0 unspecified atom stereocenters. The molecule has 0 aliphatic rings. The van der Waals surface area contributed by atoms with E-state index >= 15 is 0 Å². The van der Waals surface area contributed by atoms with Crippen molar-refractivity contribution < 1.29 is 51.8 Å². The number of carbonyl (C=O) groups excluding carboxylic acids is 2. The van der Waals surface area contributed by atoms with Gasteiger partial charge in [0.1, 0.15) is 0 Å². The molecule has 0 aromatic rings. The molecule has 7 heteroatoms. The van der Waals surface area contributed by atoms with Crippen molar-refractivity contribution in [3.63, 3.8) is 0 Å². The van der Waals surface area contributed by atoms with Gasteiger partial charge in [0.25, 0.3) is 0 Å². The summed E-state index contributed by atoms with van der Waals surface area (Å²) in [5.74, 6) is -0.750. The fourth-order valence-corrected chi connectivity index (χ4v) is 0.572. The van der Waals surface area contributed by atoms with Crippen molar-refractivity contribution in [1.29, 1.82) is 0 Å². The normalized spacial score (nSPS) is 9.41. The molecule has 0 bridgehead atoms. The number of ketones is 2. The van der Waals surface area contributed by atoms with Gasteiger partial charge >= 0.3 is 0 Å². The summed E-state index contributed by atoms with van der Waals surface area (Å²) in [6, 6.07) is 0. The topological polar surface area (TPSA) is 143 Å². The Bertz CT molecular complexity index is 234. The van der Waals surface area contributed by atoms with Gasteiger partial charge in [0.05, 0.1) is 0 Å². The molecule has 0 aliphatic heterocycles. The maximum absolute atomic E-state index is 9.98. The number of rotatable bonds is 2. The molecular formula is C10H18O6W-2. The summed E-state index contributed by atoms with van der Waals surface area (Å²) in [5.41, 5.74) is 0. The molecule has 0 saturated carbocycles. The first-order chi connectivity index (χ1) is 6.25. The van der Waals surface area contributed by atoms with Crippen LogP contribution in [0, 0.1) is 0 Å². The summed E-state index contributed by atoms with van der Waals surface area (Å²) >= 11 is 0. The van der Waals surface area contributed by atoms with Crippen LogP contribution in [0.25, 0.3) is 0 Å². The monoisotopic (exact) mass is 418 g/mol. The summed E-state index contributed by atoms with van der Waals surface area (Å²) in [4.78, 5) is 20.0. The van der Waals surface area contributed by atoms with Crippen LogP contribution in [0.15, 0.2) is 23.7 Å². The summed E-state index contributed by atoms with van der Waals surface area (Å²) in [6.45, 7) is 5.39. The molecule has 0 rings (SSSR count). The van der Waals surface area contributed by atoms with E-state index in [1.807, 2.05) is 0 Å². The molecule has 0 atom stereocenters. The van der Waals surface area contributed by atoms with Gasteiger partial charge in [-0.1, -0.05) is 13.8 Å². The first-order valence-electron chi connectivity index (χ1n) is 3.97. The molecular weight excluding hydrogens is 400 g/mol. The van der Waals surface area contributed by atoms with Crippen LogP contribution in [0.1, 0.15) is 27.7 Å². The molecule has 0 amide bonds. The molecule has 4 N–H and O–H groups in total. The van der Waals surface area contributed by atoms with E-state index in [0.717, 1.165) is 12.2 Å². The van der Waals surface area contributed by atoms with E-state index in [1.165, 1.54) is 27.7 Å². The predicted molar refractivity (Wildman–Crippen MR) is 56.1 cm³/mol. The van der Waals surface area contributed by atoms with Gasteiger partial charge in [-0.3, -0.25) is 9.59 Å². The number of carbonyl (C=O) groups is 2. The Hall–Kier alpha value is -0.972. The second-order valence-electron chi connectivity index (χ2n) is 2.73. The molecule has 102 valence electrons. The van der Waals surface area contributed by atoms with Gasteiger partial charge in [0.15, 0.2) is 11.6 Å². The average Bonchev–Trinajstić information content (AvgIpc) is 1.79. The van der Waals surface area contributed by atoms with Gasteiger partial charge in [0.2, 0.25) is 0 Å². The molecule has 0 saturated heterocycles. The fourth-order valence-electron chi connectivity index (χ4n) is 0.572. The summed E-state index contributed by atoms with van der Waals surface area (Å²) in [6.07, 6.45) is 2.11. The summed E-state index contributed by atoms with van der Waals surface area (Å²) in [5, 5.41) is 20.0. The molecule has 0 aliphatic carbocycles. The molecule has 6 nitrogen and oxygen atoms in total. The van der Waals surface area contributed by atoms with Crippen LogP contribution in [0.4, 0.5) is 0 Å². The second kappa shape index (κ2) is 17.4. The van der Waals surface area contributed by atoms with E-state index in [-0.39, 0.29) is 55.1 Å². The van der Waals surface area contributed by atoms with Gasteiger partial charge < -0.3 is 21.2 Å². The molecule has 0 fully saturated rings.